The predicted molar refractivity (Wildman–Crippen MR) is 71.1 cm³/mol. The molecule has 0 aliphatic heterocycles. The van der Waals surface area contributed by atoms with Crippen molar-refractivity contribution in [1.82, 2.24) is 5.32 Å². The Morgan fingerprint density at radius 1 is 1.22 bits per heavy atom. The van der Waals surface area contributed by atoms with Crippen molar-refractivity contribution in [3.63, 3.8) is 0 Å². The van der Waals surface area contributed by atoms with Crippen LogP contribution in [-0.2, 0) is 6.54 Å². The Labute approximate surface area is 111 Å². The van der Waals surface area contributed by atoms with Crippen LogP contribution >= 0.6 is 12.4 Å². The quantitative estimate of drug-likeness (QED) is 0.894. The largest absolute Gasteiger partial charge is 0.478 e. The van der Waals surface area contributed by atoms with E-state index in [-0.39, 0.29) is 18.0 Å². The summed E-state index contributed by atoms with van der Waals surface area (Å²) in [5, 5.41) is 11.8. The molecule has 0 aliphatic rings. The molecule has 0 saturated heterocycles. The molecule has 0 fully saturated rings. The Bertz CT molecular complexity index is 519. The summed E-state index contributed by atoms with van der Waals surface area (Å²) < 4.78 is 5.60. The zero-order valence-corrected chi connectivity index (χ0v) is 10.7. The third-order valence-electron chi connectivity index (χ3n) is 2.43. The van der Waals surface area contributed by atoms with Crippen LogP contribution < -0.4 is 5.32 Å². The van der Waals surface area contributed by atoms with Gasteiger partial charge in [0.15, 0.2) is 0 Å². The lowest BCUT2D eigenvalue weighted by atomic mass is 10.1. The average molecular weight is 268 g/mol. The van der Waals surface area contributed by atoms with Gasteiger partial charge in [0, 0.05) is 5.56 Å². The number of benzene rings is 1. The first-order valence-corrected chi connectivity index (χ1v) is 5.28. The minimum Gasteiger partial charge on any atom is -0.478 e. The molecule has 0 aliphatic carbocycles. The van der Waals surface area contributed by atoms with Crippen LogP contribution in [0.5, 0.6) is 0 Å². The SMILES string of the molecule is CNCc1ccc(-c2ccc(C(=O)O)cc2)o1.Cl. The van der Waals surface area contributed by atoms with E-state index in [4.69, 9.17) is 9.52 Å². The molecular formula is C13H14ClNO3. The molecule has 1 aromatic carbocycles. The molecule has 96 valence electrons. The van der Waals surface area contributed by atoms with E-state index in [0.29, 0.717) is 6.54 Å². The third-order valence-corrected chi connectivity index (χ3v) is 2.43. The molecule has 0 atom stereocenters. The van der Waals surface area contributed by atoms with Crippen LogP contribution in [-0.4, -0.2) is 18.1 Å². The second-order valence-electron chi connectivity index (χ2n) is 3.68. The van der Waals surface area contributed by atoms with Gasteiger partial charge >= 0.3 is 5.97 Å². The van der Waals surface area contributed by atoms with Gasteiger partial charge in [0.25, 0.3) is 0 Å². The molecule has 5 heteroatoms. The first kappa shape index (κ1) is 14.3. The van der Waals surface area contributed by atoms with Crippen molar-refractivity contribution >= 4 is 18.4 Å². The van der Waals surface area contributed by atoms with Gasteiger partial charge in [-0.3, -0.25) is 0 Å². The molecule has 2 N–H and O–H groups in total. The van der Waals surface area contributed by atoms with Gasteiger partial charge in [-0.2, -0.15) is 0 Å². The Morgan fingerprint density at radius 2 is 1.89 bits per heavy atom. The Balaban J connectivity index is 0.00000162. The van der Waals surface area contributed by atoms with Crippen LogP contribution in [0.3, 0.4) is 0 Å². The van der Waals surface area contributed by atoms with E-state index in [2.05, 4.69) is 5.32 Å². The molecular weight excluding hydrogens is 254 g/mol. The van der Waals surface area contributed by atoms with Gasteiger partial charge in [-0.05, 0) is 31.3 Å². The molecule has 2 aromatic rings. The molecule has 0 spiro atoms. The van der Waals surface area contributed by atoms with Crippen LogP contribution in [0, 0.1) is 0 Å². The highest BCUT2D eigenvalue weighted by molar-refractivity contribution is 5.88. The van der Waals surface area contributed by atoms with Gasteiger partial charge in [0.05, 0.1) is 12.1 Å². The molecule has 0 amide bonds. The molecule has 0 saturated carbocycles. The number of nitrogens with one attached hydrogen (secondary N) is 1. The van der Waals surface area contributed by atoms with Gasteiger partial charge in [0.1, 0.15) is 11.5 Å². The van der Waals surface area contributed by atoms with Gasteiger partial charge in [-0.25, -0.2) is 4.79 Å². The summed E-state index contributed by atoms with van der Waals surface area (Å²) in [6.45, 7) is 0.674. The van der Waals surface area contributed by atoms with E-state index < -0.39 is 5.97 Å². The third kappa shape index (κ3) is 3.12. The topological polar surface area (TPSA) is 62.5 Å². The van der Waals surface area contributed by atoms with Crippen LogP contribution in [0.25, 0.3) is 11.3 Å². The first-order valence-electron chi connectivity index (χ1n) is 5.28. The minimum absolute atomic E-state index is 0. The molecule has 1 aromatic heterocycles. The van der Waals surface area contributed by atoms with E-state index >= 15 is 0 Å². The van der Waals surface area contributed by atoms with Gasteiger partial charge < -0.3 is 14.8 Å². The molecule has 0 bridgehead atoms. The Kier molecular flexibility index (Phi) is 4.95. The highest BCUT2D eigenvalue weighted by Crippen LogP contribution is 2.22. The van der Waals surface area contributed by atoms with Crippen molar-refractivity contribution in [3.8, 4) is 11.3 Å². The Morgan fingerprint density at radius 3 is 2.44 bits per heavy atom. The fourth-order valence-electron chi connectivity index (χ4n) is 1.58. The number of hydrogen-bond acceptors (Lipinski definition) is 3. The summed E-state index contributed by atoms with van der Waals surface area (Å²) in [6.07, 6.45) is 0. The lowest BCUT2D eigenvalue weighted by Gasteiger charge is -1.99. The van der Waals surface area contributed by atoms with Gasteiger partial charge in [-0.15, -0.1) is 12.4 Å². The number of carboxylic acids is 1. The molecule has 1 heterocycles. The fourth-order valence-corrected chi connectivity index (χ4v) is 1.58. The summed E-state index contributed by atoms with van der Waals surface area (Å²) in [5.74, 6) is 0.670. The lowest BCUT2D eigenvalue weighted by Crippen LogP contribution is -2.03. The maximum absolute atomic E-state index is 10.7. The molecule has 18 heavy (non-hydrogen) atoms. The summed E-state index contributed by atoms with van der Waals surface area (Å²) in [7, 11) is 1.85. The summed E-state index contributed by atoms with van der Waals surface area (Å²) in [6, 6.07) is 10.4. The summed E-state index contributed by atoms with van der Waals surface area (Å²) in [5.41, 5.74) is 1.15. The second kappa shape index (κ2) is 6.23. The minimum atomic E-state index is -0.924. The second-order valence-corrected chi connectivity index (χ2v) is 3.68. The summed E-state index contributed by atoms with van der Waals surface area (Å²) in [4.78, 5) is 10.7. The van der Waals surface area contributed by atoms with Gasteiger partial charge in [0.2, 0.25) is 0 Å². The zero-order chi connectivity index (χ0) is 12.3. The van der Waals surface area contributed by atoms with Crippen molar-refractivity contribution in [3.05, 3.63) is 47.7 Å². The first-order chi connectivity index (χ1) is 8.20. The normalized spacial score (nSPS) is 9.83. The number of carbonyl (C=O) groups is 1. The van der Waals surface area contributed by atoms with Crippen molar-refractivity contribution < 1.29 is 14.3 Å². The number of furan rings is 1. The highest BCUT2D eigenvalue weighted by Gasteiger charge is 2.06. The standard InChI is InChI=1S/C13H13NO3.ClH/c1-14-8-11-6-7-12(17-11)9-2-4-10(5-3-9)13(15)16;/h2-7,14H,8H2,1H3,(H,15,16);1H. The number of hydrogen-bond donors (Lipinski definition) is 2. The average Bonchev–Trinajstić information content (AvgIpc) is 2.78. The molecule has 0 unspecified atom stereocenters. The maximum atomic E-state index is 10.7. The molecule has 0 radical (unpaired) electrons. The predicted octanol–water partition coefficient (Wildman–Crippen LogP) is 2.79. The van der Waals surface area contributed by atoms with Crippen molar-refractivity contribution in [1.29, 1.82) is 0 Å². The number of carboxylic acid groups (broad SMARTS) is 1. The molecule has 4 nitrogen and oxygen atoms in total. The number of aromatic carboxylic acids is 1. The molecule has 2 rings (SSSR count). The number of rotatable bonds is 4. The highest BCUT2D eigenvalue weighted by atomic mass is 35.5. The van der Waals surface area contributed by atoms with Crippen LogP contribution in [0.4, 0.5) is 0 Å². The van der Waals surface area contributed by atoms with E-state index in [0.717, 1.165) is 17.1 Å². The van der Waals surface area contributed by atoms with E-state index in [9.17, 15) is 4.79 Å². The summed E-state index contributed by atoms with van der Waals surface area (Å²) >= 11 is 0. The Hall–Kier alpha value is -1.78. The smallest absolute Gasteiger partial charge is 0.335 e. The number of halogens is 1. The van der Waals surface area contributed by atoms with Crippen molar-refractivity contribution in [2.24, 2.45) is 0 Å². The zero-order valence-electron chi connectivity index (χ0n) is 9.84. The van der Waals surface area contributed by atoms with Crippen molar-refractivity contribution in [2.75, 3.05) is 7.05 Å². The van der Waals surface area contributed by atoms with Crippen LogP contribution in [0.15, 0.2) is 40.8 Å². The van der Waals surface area contributed by atoms with Crippen LogP contribution in [0.2, 0.25) is 0 Å². The van der Waals surface area contributed by atoms with Crippen LogP contribution in [0.1, 0.15) is 16.1 Å². The van der Waals surface area contributed by atoms with E-state index in [1.807, 2.05) is 19.2 Å². The van der Waals surface area contributed by atoms with E-state index in [1.54, 1.807) is 24.3 Å². The van der Waals surface area contributed by atoms with Gasteiger partial charge in [-0.1, -0.05) is 12.1 Å². The lowest BCUT2D eigenvalue weighted by molar-refractivity contribution is 0.0697. The van der Waals surface area contributed by atoms with Crippen molar-refractivity contribution in [2.45, 2.75) is 6.54 Å². The monoisotopic (exact) mass is 267 g/mol. The van der Waals surface area contributed by atoms with E-state index in [1.165, 1.54) is 0 Å². The fraction of sp³-hybridized carbons (Fsp3) is 0.154. The maximum Gasteiger partial charge on any atom is 0.335 e.